The quantitative estimate of drug-likeness (QED) is 0.778. The van der Waals surface area contributed by atoms with Gasteiger partial charge in [0.15, 0.2) is 0 Å². The molecule has 2 aromatic rings. The van der Waals surface area contributed by atoms with Crippen LogP contribution in [-0.4, -0.2) is 17.7 Å². The summed E-state index contributed by atoms with van der Waals surface area (Å²) in [7, 11) is 0. The number of hydrogen-bond donors (Lipinski definition) is 3. The lowest BCUT2D eigenvalue weighted by Gasteiger charge is -2.15. The van der Waals surface area contributed by atoms with Gasteiger partial charge in [-0.2, -0.15) is 0 Å². The lowest BCUT2D eigenvalue weighted by molar-refractivity contribution is 0.237. The van der Waals surface area contributed by atoms with Crippen molar-refractivity contribution in [3.63, 3.8) is 0 Å². The number of carbonyl (C=O) groups excluding carboxylic acids is 1. The van der Waals surface area contributed by atoms with Gasteiger partial charge in [0.2, 0.25) is 0 Å². The zero-order chi connectivity index (χ0) is 16.9. The highest BCUT2D eigenvalue weighted by molar-refractivity contribution is 6.30. The number of carbonyl (C=O) groups is 1. The van der Waals surface area contributed by atoms with E-state index < -0.39 is 0 Å². The number of aryl methyl sites for hydroxylation is 1. The van der Waals surface area contributed by atoms with E-state index in [1.807, 2.05) is 42.5 Å². The molecule has 0 bridgehead atoms. The smallest absolute Gasteiger partial charge is 0.315 e. The maximum absolute atomic E-state index is 12.1. The second kappa shape index (κ2) is 7.69. The van der Waals surface area contributed by atoms with Crippen LogP contribution >= 0.6 is 11.6 Å². The van der Waals surface area contributed by atoms with Crippen molar-refractivity contribution in [2.24, 2.45) is 0 Å². The Morgan fingerprint density at radius 2 is 1.92 bits per heavy atom. The van der Waals surface area contributed by atoms with Crippen LogP contribution in [0.15, 0.2) is 42.5 Å². The zero-order valence-electron chi connectivity index (χ0n) is 13.4. The number of aliphatic hydroxyl groups is 1. The number of urea groups is 1. The van der Waals surface area contributed by atoms with E-state index in [0.717, 1.165) is 41.0 Å². The predicted molar refractivity (Wildman–Crippen MR) is 95.1 cm³/mol. The molecular formula is C19H21ClN2O2. The normalized spacial score (nSPS) is 15.8. The van der Waals surface area contributed by atoms with E-state index in [9.17, 15) is 4.79 Å². The van der Waals surface area contributed by atoms with Gasteiger partial charge in [0, 0.05) is 11.6 Å². The van der Waals surface area contributed by atoms with Crippen LogP contribution in [0.2, 0.25) is 5.02 Å². The molecule has 0 aromatic heterocycles. The van der Waals surface area contributed by atoms with Crippen LogP contribution in [0.1, 0.15) is 34.7 Å². The third-order valence-electron chi connectivity index (χ3n) is 4.39. The second-order valence-electron chi connectivity index (χ2n) is 6.06. The SMILES string of the molecule is O=C(NCCc1ccc(CO)cc1)NC1CCc2cc(Cl)ccc21. The molecule has 24 heavy (non-hydrogen) atoms. The first-order chi connectivity index (χ1) is 11.7. The first-order valence-corrected chi connectivity index (χ1v) is 8.55. The van der Waals surface area contributed by atoms with Gasteiger partial charge in [-0.15, -0.1) is 0 Å². The van der Waals surface area contributed by atoms with Crippen molar-refractivity contribution in [3.05, 3.63) is 69.7 Å². The molecule has 0 aliphatic heterocycles. The molecule has 0 saturated carbocycles. The van der Waals surface area contributed by atoms with E-state index in [-0.39, 0.29) is 18.7 Å². The average molecular weight is 345 g/mol. The fourth-order valence-electron chi connectivity index (χ4n) is 3.08. The lowest BCUT2D eigenvalue weighted by atomic mass is 10.1. The molecule has 126 valence electrons. The van der Waals surface area contributed by atoms with Crippen LogP contribution < -0.4 is 10.6 Å². The van der Waals surface area contributed by atoms with E-state index >= 15 is 0 Å². The van der Waals surface area contributed by atoms with Gasteiger partial charge >= 0.3 is 6.03 Å². The summed E-state index contributed by atoms with van der Waals surface area (Å²) in [6.45, 7) is 0.625. The van der Waals surface area contributed by atoms with Crippen molar-refractivity contribution in [2.75, 3.05) is 6.54 Å². The minimum atomic E-state index is -0.144. The minimum absolute atomic E-state index is 0.0506. The van der Waals surface area contributed by atoms with Crippen molar-refractivity contribution >= 4 is 17.6 Å². The van der Waals surface area contributed by atoms with Crippen LogP contribution in [0.5, 0.6) is 0 Å². The summed E-state index contributed by atoms with van der Waals surface area (Å²) < 4.78 is 0. The summed E-state index contributed by atoms with van der Waals surface area (Å²) in [4.78, 5) is 12.1. The number of rotatable bonds is 5. The Kier molecular flexibility index (Phi) is 5.38. The van der Waals surface area contributed by atoms with Crippen molar-refractivity contribution in [1.82, 2.24) is 10.6 Å². The Bertz CT molecular complexity index is 716. The highest BCUT2D eigenvalue weighted by Crippen LogP contribution is 2.32. The maximum atomic E-state index is 12.1. The minimum Gasteiger partial charge on any atom is -0.392 e. The summed E-state index contributed by atoms with van der Waals surface area (Å²) in [6.07, 6.45) is 2.61. The third kappa shape index (κ3) is 4.08. The molecule has 2 amide bonds. The molecule has 1 aliphatic carbocycles. The molecule has 2 aromatic carbocycles. The topological polar surface area (TPSA) is 61.4 Å². The van der Waals surface area contributed by atoms with Gasteiger partial charge in [0.25, 0.3) is 0 Å². The van der Waals surface area contributed by atoms with Crippen LogP contribution in [0, 0.1) is 0 Å². The number of aliphatic hydroxyl groups excluding tert-OH is 1. The van der Waals surface area contributed by atoms with Crippen molar-refractivity contribution < 1.29 is 9.90 Å². The molecule has 1 unspecified atom stereocenters. The van der Waals surface area contributed by atoms with Crippen LogP contribution in [-0.2, 0) is 19.4 Å². The standard InChI is InChI=1S/C19H21ClN2O2/c20-16-6-7-17-15(11-16)5-8-18(17)22-19(24)21-10-9-13-1-3-14(12-23)4-2-13/h1-4,6-7,11,18,23H,5,8-10,12H2,(H2,21,22,24). The van der Waals surface area contributed by atoms with E-state index in [1.165, 1.54) is 5.56 Å². The van der Waals surface area contributed by atoms with Gasteiger partial charge in [-0.1, -0.05) is 41.9 Å². The van der Waals surface area contributed by atoms with Gasteiger partial charge in [0.05, 0.1) is 12.6 Å². The molecule has 5 heteroatoms. The van der Waals surface area contributed by atoms with Gasteiger partial charge in [-0.3, -0.25) is 0 Å². The first kappa shape index (κ1) is 16.8. The Morgan fingerprint density at radius 1 is 1.17 bits per heavy atom. The fraction of sp³-hybridized carbons (Fsp3) is 0.316. The number of amides is 2. The molecule has 0 heterocycles. The molecule has 0 radical (unpaired) electrons. The fourth-order valence-corrected chi connectivity index (χ4v) is 3.27. The molecule has 1 aliphatic rings. The Labute approximate surface area is 146 Å². The monoisotopic (exact) mass is 344 g/mol. The van der Waals surface area contributed by atoms with E-state index in [0.29, 0.717) is 6.54 Å². The van der Waals surface area contributed by atoms with Crippen molar-refractivity contribution in [1.29, 1.82) is 0 Å². The van der Waals surface area contributed by atoms with Gasteiger partial charge in [0.1, 0.15) is 0 Å². The number of fused-ring (bicyclic) bond motifs is 1. The molecule has 4 nitrogen and oxygen atoms in total. The zero-order valence-corrected chi connectivity index (χ0v) is 14.1. The highest BCUT2D eigenvalue weighted by Gasteiger charge is 2.23. The Balaban J connectivity index is 1.46. The van der Waals surface area contributed by atoms with Gasteiger partial charge in [-0.25, -0.2) is 4.79 Å². The maximum Gasteiger partial charge on any atom is 0.315 e. The predicted octanol–water partition coefficient (Wildman–Crippen LogP) is 3.36. The molecule has 1 atom stereocenters. The van der Waals surface area contributed by atoms with Gasteiger partial charge in [-0.05, 0) is 53.6 Å². The van der Waals surface area contributed by atoms with Crippen molar-refractivity contribution in [3.8, 4) is 0 Å². The summed E-state index contributed by atoms with van der Waals surface area (Å²) in [6, 6.07) is 13.5. The molecule has 3 N–H and O–H groups in total. The second-order valence-corrected chi connectivity index (χ2v) is 6.50. The molecular weight excluding hydrogens is 324 g/mol. The van der Waals surface area contributed by atoms with Crippen LogP contribution in [0.3, 0.4) is 0 Å². The summed E-state index contributed by atoms with van der Waals surface area (Å²) in [5.74, 6) is 0. The number of hydrogen-bond acceptors (Lipinski definition) is 2. The number of halogens is 1. The summed E-state index contributed by atoms with van der Waals surface area (Å²) >= 11 is 6.01. The van der Waals surface area contributed by atoms with Crippen LogP contribution in [0.4, 0.5) is 4.79 Å². The van der Waals surface area contributed by atoms with E-state index in [1.54, 1.807) is 0 Å². The lowest BCUT2D eigenvalue weighted by Crippen LogP contribution is -2.38. The molecule has 0 saturated heterocycles. The van der Waals surface area contributed by atoms with Crippen LogP contribution in [0.25, 0.3) is 0 Å². The first-order valence-electron chi connectivity index (χ1n) is 8.17. The molecule has 0 spiro atoms. The Hall–Kier alpha value is -2.04. The number of nitrogens with one attached hydrogen (secondary N) is 2. The average Bonchev–Trinajstić information content (AvgIpc) is 2.97. The highest BCUT2D eigenvalue weighted by atomic mass is 35.5. The van der Waals surface area contributed by atoms with E-state index in [4.69, 9.17) is 16.7 Å². The molecule has 0 fully saturated rings. The molecule has 3 rings (SSSR count). The third-order valence-corrected chi connectivity index (χ3v) is 4.63. The summed E-state index contributed by atoms with van der Waals surface area (Å²) in [5.41, 5.74) is 4.41. The van der Waals surface area contributed by atoms with Crippen molar-refractivity contribution in [2.45, 2.75) is 31.9 Å². The van der Waals surface area contributed by atoms with E-state index in [2.05, 4.69) is 10.6 Å². The largest absolute Gasteiger partial charge is 0.392 e. The van der Waals surface area contributed by atoms with Gasteiger partial charge < -0.3 is 15.7 Å². The number of benzene rings is 2. The summed E-state index contributed by atoms with van der Waals surface area (Å²) in [5, 5.41) is 15.7. The Morgan fingerprint density at radius 3 is 2.67 bits per heavy atom.